The largest absolute Gasteiger partial charge is 0.497 e. The molecule has 2 N–H and O–H groups in total. The van der Waals surface area contributed by atoms with E-state index in [-0.39, 0.29) is 48.0 Å². The molecule has 4 saturated carbocycles. The van der Waals surface area contributed by atoms with Crippen molar-refractivity contribution in [3.05, 3.63) is 108 Å². The summed E-state index contributed by atoms with van der Waals surface area (Å²) in [4.78, 5) is 46.2. The Hall–Kier alpha value is -4.73. The minimum absolute atomic E-state index is 0.00204. The average Bonchev–Trinajstić information content (AvgIpc) is 3.73. The molecule has 3 aromatic rings. The summed E-state index contributed by atoms with van der Waals surface area (Å²) in [6.07, 6.45) is 12.2. The molecule has 0 radical (unpaired) electrons. The summed E-state index contributed by atoms with van der Waals surface area (Å²) in [7, 11) is 3.19. The Bertz CT molecular complexity index is 2460. The minimum Gasteiger partial charge on any atom is -0.497 e. The molecule has 5 fully saturated rings. The van der Waals surface area contributed by atoms with Gasteiger partial charge in [-0.25, -0.2) is 0 Å². The standard InChI is InChI=1S/C54H63NO8/c1-47(2)50(5)25-28-54(47,63-46(50)59)45(58)55(32-37-17-18-39(61-6)29-41(37)62-7)33-52(60)24-21-43-49(52,4)23-20-42-48(3)22-19-38(56)30-51(48)26-27-53(42,43)40(31-51)44(57)36-15-13-35(14-16-36)34-11-9-8-10-12-34/h8-18,26-27,29,31,38,42-43,56,60H,19-25,28,30,32-33H2,1-7H3/t38?,42-,43-,48-,49+,50+,51+,52-,53-,54-/m1/s1. The molecular formula is C54H63NO8. The van der Waals surface area contributed by atoms with Gasteiger partial charge in [-0.2, -0.15) is 0 Å². The second-order valence-corrected chi connectivity index (χ2v) is 21.6. The predicted octanol–water partition coefficient (Wildman–Crippen LogP) is 9.30. The molecule has 1 aliphatic heterocycles. The van der Waals surface area contributed by atoms with Crippen molar-refractivity contribution in [1.82, 2.24) is 4.90 Å². The molecule has 1 unspecified atom stereocenters. The van der Waals surface area contributed by atoms with Crippen molar-refractivity contribution in [2.24, 2.45) is 44.3 Å². The number of carbonyl (C=O) groups is 3. The number of carbonyl (C=O) groups excluding carboxylic acids is 3. The van der Waals surface area contributed by atoms with Crippen molar-refractivity contribution in [2.75, 3.05) is 20.8 Å². The fourth-order valence-electron chi connectivity index (χ4n) is 14.9. The molecule has 0 aromatic heterocycles. The minimum atomic E-state index is -1.39. The van der Waals surface area contributed by atoms with Crippen LogP contribution >= 0.6 is 0 Å². The number of rotatable bonds is 10. The summed E-state index contributed by atoms with van der Waals surface area (Å²) < 4.78 is 17.6. The Morgan fingerprint density at radius 2 is 1.48 bits per heavy atom. The Balaban J connectivity index is 1.06. The van der Waals surface area contributed by atoms with Gasteiger partial charge < -0.3 is 29.3 Å². The second kappa shape index (κ2) is 13.9. The quantitative estimate of drug-likeness (QED) is 0.118. The summed E-state index contributed by atoms with van der Waals surface area (Å²) in [5.74, 6) is 0.529. The third kappa shape index (κ3) is 5.38. The summed E-state index contributed by atoms with van der Waals surface area (Å²) in [5, 5.41) is 24.8. The van der Waals surface area contributed by atoms with Crippen LogP contribution in [0.15, 0.2) is 96.6 Å². The molecule has 3 aromatic carbocycles. The number of ketones is 1. The normalized spacial score (nSPS) is 38.8. The number of Topliss-reactive ketones (excluding diaryl/α,β-unsaturated/α-hetero) is 1. The number of nitrogens with zero attached hydrogens (tertiary/aromatic N) is 1. The van der Waals surface area contributed by atoms with Gasteiger partial charge in [0.05, 0.1) is 37.9 Å². The Labute approximate surface area is 371 Å². The zero-order valence-corrected chi connectivity index (χ0v) is 38.0. The van der Waals surface area contributed by atoms with E-state index in [0.717, 1.165) is 41.5 Å². The van der Waals surface area contributed by atoms with Crippen molar-refractivity contribution in [1.29, 1.82) is 0 Å². The van der Waals surface area contributed by atoms with Gasteiger partial charge >= 0.3 is 5.97 Å². The molecule has 9 heteroatoms. The molecule has 7 aliphatic carbocycles. The highest BCUT2D eigenvalue weighted by Crippen LogP contribution is 2.78. The number of fused-ring (bicyclic) bond motifs is 3. The van der Waals surface area contributed by atoms with Crippen molar-refractivity contribution < 1.29 is 38.8 Å². The Morgan fingerprint density at radius 3 is 2.14 bits per heavy atom. The van der Waals surface area contributed by atoms with Gasteiger partial charge in [0, 0.05) is 51.0 Å². The SMILES string of the molecule is COc1ccc(CN(C[C@]2(O)CC[C@H]3[C@]45C=C[C@@]6(C=C4C(=O)c4ccc(-c7ccccc7)cc4)CC(O)CC[C@]6(C)[C@H]5CC[C@@]32C)C(=O)[C@@]23CC[C@@](C)(C(=O)O2)C3(C)C)c(OC)c1. The first-order valence-electron chi connectivity index (χ1n) is 23.2. The lowest BCUT2D eigenvalue weighted by molar-refractivity contribution is -0.187. The van der Waals surface area contributed by atoms with Gasteiger partial charge in [-0.1, -0.05) is 101 Å². The number of methoxy groups -OCH3 is 2. The molecule has 9 nitrogen and oxygen atoms in total. The van der Waals surface area contributed by atoms with Gasteiger partial charge in [-0.05, 0) is 105 Å². The second-order valence-electron chi connectivity index (χ2n) is 21.6. The van der Waals surface area contributed by atoms with E-state index in [4.69, 9.17) is 14.2 Å². The summed E-state index contributed by atoms with van der Waals surface area (Å²) in [6.45, 7) is 10.6. The molecule has 63 heavy (non-hydrogen) atoms. The highest BCUT2D eigenvalue weighted by Gasteiger charge is 2.78. The van der Waals surface area contributed by atoms with Crippen molar-refractivity contribution >= 4 is 17.7 Å². The van der Waals surface area contributed by atoms with Crippen LogP contribution in [0.4, 0.5) is 0 Å². The van der Waals surface area contributed by atoms with Crippen LogP contribution in [0.5, 0.6) is 11.5 Å². The first-order chi connectivity index (χ1) is 29.9. The van der Waals surface area contributed by atoms with Crippen molar-refractivity contribution in [2.45, 2.75) is 116 Å². The molecule has 10 atom stereocenters. The lowest BCUT2D eigenvalue weighted by Crippen LogP contribution is -2.67. The maximum atomic E-state index is 15.5. The smallest absolute Gasteiger partial charge is 0.313 e. The lowest BCUT2D eigenvalue weighted by Gasteiger charge is -2.71. The van der Waals surface area contributed by atoms with Crippen molar-refractivity contribution in [3.8, 4) is 22.6 Å². The fraction of sp³-hybridized carbons (Fsp3) is 0.537. The van der Waals surface area contributed by atoms with E-state index in [1.165, 1.54) is 0 Å². The highest BCUT2D eigenvalue weighted by atomic mass is 16.6. The number of ether oxygens (including phenoxy) is 3. The van der Waals surface area contributed by atoms with E-state index in [2.05, 4.69) is 44.2 Å². The molecule has 1 saturated heterocycles. The van der Waals surface area contributed by atoms with Crippen LogP contribution < -0.4 is 9.47 Å². The fourth-order valence-corrected chi connectivity index (χ4v) is 14.9. The highest BCUT2D eigenvalue weighted by molar-refractivity contribution is 6.11. The van der Waals surface area contributed by atoms with E-state index in [1.807, 2.05) is 75.4 Å². The maximum absolute atomic E-state index is 15.5. The zero-order valence-electron chi connectivity index (χ0n) is 38.0. The number of allylic oxidation sites excluding steroid dienone is 4. The summed E-state index contributed by atoms with van der Waals surface area (Å²) in [6, 6.07) is 23.7. The molecule has 2 spiro atoms. The number of hydrogen-bond acceptors (Lipinski definition) is 8. The molecule has 11 rings (SSSR count). The number of amides is 1. The van der Waals surface area contributed by atoms with Gasteiger partial charge in [-0.3, -0.25) is 14.4 Å². The zero-order chi connectivity index (χ0) is 44.6. The molecule has 332 valence electrons. The average molecular weight is 854 g/mol. The number of aliphatic hydroxyl groups is 2. The van der Waals surface area contributed by atoms with E-state index in [9.17, 15) is 15.0 Å². The molecule has 8 aliphatic rings. The number of aliphatic hydroxyl groups excluding tert-OH is 1. The van der Waals surface area contributed by atoms with Crippen LogP contribution in [0, 0.1) is 44.3 Å². The van der Waals surface area contributed by atoms with Gasteiger partial charge in [0.15, 0.2) is 11.4 Å². The Kier molecular flexibility index (Phi) is 9.31. The third-order valence-electron chi connectivity index (χ3n) is 19.2. The third-order valence-corrected chi connectivity index (χ3v) is 19.2. The Morgan fingerprint density at radius 1 is 0.794 bits per heavy atom. The molecule has 4 bridgehead atoms. The van der Waals surface area contributed by atoms with E-state index in [1.54, 1.807) is 25.2 Å². The number of hydrogen-bond donors (Lipinski definition) is 2. The monoisotopic (exact) mass is 853 g/mol. The lowest BCUT2D eigenvalue weighted by atomic mass is 9.32. The van der Waals surface area contributed by atoms with Crippen LogP contribution in [0.2, 0.25) is 0 Å². The first-order valence-corrected chi connectivity index (χ1v) is 23.2. The van der Waals surface area contributed by atoms with E-state index >= 15 is 9.59 Å². The van der Waals surface area contributed by atoms with Crippen LogP contribution in [-0.2, 0) is 20.9 Å². The van der Waals surface area contributed by atoms with Gasteiger partial charge in [0.25, 0.3) is 5.91 Å². The van der Waals surface area contributed by atoms with Crippen LogP contribution in [0.25, 0.3) is 11.1 Å². The number of esters is 1. The molecule has 1 amide bonds. The summed E-state index contributed by atoms with van der Waals surface area (Å²) >= 11 is 0. The maximum Gasteiger partial charge on any atom is 0.313 e. The first kappa shape index (κ1) is 42.2. The number of benzene rings is 3. The van der Waals surface area contributed by atoms with E-state index < -0.39 is 44.4 Å². The van der Waals surface area contributed by atoms with Crippen LogP contribution in [0.1, 0.15) is 108 Å². The van der Waals surface area contributed by atoms with Crippen LogP contribution in [0.3, 0.4) is 0 Å². The van der Waals surface area contributed by atoms with Gasteiger partial charge in [0.1, 0.15) is 11.5 Å². The predicted molar refractivity (Wildman–Crippen MR) is 240 cm³/mol. The summed E-state index contributed by atoms with van der Waals surface area (Å²) in [5.41, 5.74) is -2.09. The van der Waals surface area contributed by atoms with E-state index in [0.29, 0.717) is 55.6 Å². The molecule has 1 heterocycles. The molecular weight excluding hydrogens is 791 g/mol. The van der Waals surface area contributed by atoms with Crippen LogP contribution in [-0.4, -0.2) is 70.8 Å². The van der Waals surface area contributed by atoms with Crippen molar-refractivity contribution in [3.63, 3.8) is 0 Å². The topological polar surface area (TPSA) is 123 Å². The van der Waals surface area contributed by atoms with Gasteiger partial charge in [-0.15, -0.1) is 0 Å². The van der Waals surface area contributed by atoms with Gasteiger partial charge in [0.2, 0.25) is 0 Å².